The molecule has 0 N–H and O–H groups in total. The van der Waals surface area contributed by atoms with Gasteiger partial charge in [-0.05, 0) is 30.7 Å². The van der Waals surface area contributed by atoms with Gasteiger partial charge in [-0.25, -0.2) is 4.98 Å². The van der Waals surface area contributed by atoms with E-state index >= 15 is 0 Å². The van der Waals surface area contributed by atoms with E-state index in [2.05, 4.69) is 9.72 Å². The number of alkyl halides is 3. The molecule has 0 aliphatic heterocycles. The monoisotopic (exact) mass is 336 g/mol. The first-order chi connectivity index (χ1) is 11.2. The fraction of sp³-hybridized carbons (Fsp3) is 0.294. The fourth-order valence-corrected chi connectivity index (χ4v) is 2.83. The molecule has 0 saturated heterocycles. The third-order valence-electron chi connectivity index (χ3n) is 4.04. The zero-order valence-electron chi connectivity index (χ0n) is 13.1. The van der Waals surface area contributed by atoms with E-state index in [9.17, 15) is 18.0 Å². The number of aryl methyl sites for hydroxylation is 1. The highest BCUT2D eigenvalue weighted by Crippen LogP contribution is 2.30. The van der Waals surface area contributed by atoms with E-state index in [0.29, 0.717) is 12.1 Å². The summed E-state index contributed by atoms with van der Waals surface area (Å²) >= 11 is 0. The van der Waals surface area contributed by atoms with E-state index in [0.717, 1.165) is 17.0 Å². The maximum Gasteiger partial charge on any atom is 0.573 e. The van der Waals surface area contributed by atoms with E-state index < -0.39 is 6.36 Å². The molecule has 126 valence electrons. The third kappa shape index (κ3) is 3.20. The van der Waals surface area contributed by atoms with Crippen LogP contribution in [0.15, 0.2) is 35.1 Å². The zero-order chi connectivity index (χ0) is 17.5. The van der Waals surface area contributed by atoms with E-state index in [1.54, 1.807) is 30.7 Å². The summed E-state index contributed by atoms with van der Waals surface area (Å²) in [5.41, 5.74) is 2.71. The molecule has 0 bridgehead atoms. The second-order valence-corrected chi connectivity index (χ2v) is 5.68. The normalized spacial score (nSPS) is 16.8. The molecule has 1 aliphatic carbocycles. The number of allylic oxidation sites excluding steroid dienone is 1. The number of ether oxygens (including phenoxy) is 1. The summed E-state index contributed by atoms with van der Waals surface area (Å²) in [6.45, 7) is 1.67. The summed E-state index contributed by atoms with van der Waals surface area (Å²) in [6, 6.07) is 5.78. The third-order valence-corrected chi connectivity index (χ3v) is 4.04. The number of rotatable bonds is 2. The molecule has 1 unspecified atom stereocenters. The minimum Gasteiger partial charge on any atom is -0.406 e. The topological polar surface area (TPSA) is 44.1 Å². The lowest BCUT2D eigenvalue weighted by Crippen LogP contribution is -2.27. The van der Waals surface area contributed by atoms with Crippen LogP contribution in [0.1, 0.15) is 28.6 Å². The molecule has 0 radical (unpaired) electrons. The summed E-state index contributed by atoms with van der Waals surface area (Å²) in [4.78, 5) is 16.3. The van der Waals surface area contributed by atoms with E-state index in [4.69, 9.17) is 0 Å². The number of aromatic nitrogens is 2. The molecule has 1 aromatic carbocycles. The van der Waals surface area contributed by atoms with Crippen LogP contribution in [0.4, 0.5) is 13.2 Å². The SMILES string of the molecule is Cc1nc2c(n(C)c1=O)CC(c1ccc(OC(F)(F)F)cc1)C=C2. The van der Waals surface area contributed by atoms with Crippen molar-refractivity contribution in [2.24, 2.45) is 7.05 Å². The Kier molecular flexibility index (Phi) is 3.95. The smallest absolute Gasteiger partial charge is 0.406 e. The van der Waals surface area contributed by atoms with Crippen LogP contribution >= 0.6 is 0 Å². The summed E-state index contributed by atoms with van der Waals surface area (Å²) in [5, 5.41) is 0. The van der Waals surface area contributed by atoms with Gasteiger partial charge in [0.25, 0.3) is 5.56 Å². The first-order valence-electron chi connectivity index (χ1n) is 7.35. The van der Waals surface area contributed by atoms with Gasteiger partial charge in [-0.1, -0.05) is 18.2 Å². The minimum atomic E-state index is -4.70. The number of hydrogen-bond donors (Lipinski definition) is 0. The van der Waals surface area contributed by atoms with Crippen molar-refractivity contribution in [2.75, 3.05) is 0 Å². The summed E-state index contributed by atoms with van der Waals surface area (Å²) in [5.74, 6) is -0.288. The standard InChI is InChI=1S/C17H15F3N2O2/c1-10-16(23)22(2)15-9-12(5-8-14(15)21-10)11-3-6-13(7-4-11)24-17(18,19)20/h3-8,12H,9H2,1-2H3. The molecule has 4 nitrogen and oxygen atoms in total. The van der Waals surface area contributed by atoms with Crippen molar-refractivity contribution in [3.63, 3.8) is 0 Å². The van der Waals surface area contributed by atoms with Crippen LogP contribution in [0.3, 0.4) is 0 Å². The van der Waals surface area contributed by atoms with Crippen LogP contribution in [-0.2, 0) is 13.5 Å². The molecular weight excluding hydrogens is 321 g/mol. The molecular formula is C17H15F3N2O2. The Bertz CT molecular complexity index is 852. The van der Waals surface area contributed by atoms with Crippen molar-refractivity contribution in [3.8, 4) is 5.75 Å². The summed E-state index contributed by atoms with van der Waals surface area (Å²) in [7, 11) is 1.70. The van der Waals surface area contributed by atoms with Crippen molar-refractivity contribution in [1.29, 1.82) is 0 Å². The number of benzene rings is 1. The Morgan fingerprint density at radius 1 is 1.25 bits per heavy atom. The van der Waals surface area contributed by atoms with Gasteiger partial charge in [0.05, 0.1) is 5.69 Å². The van der Waals surface area contributed by atoms with Gasteiger partial charge in [-0.15, -0.1) is 13.2 Å². The van der Waals surface area contributed by atoms with Crippen LogP contribution in [0.2, 0.25) is 0 Å². The van der Waals surface area contributed by atoms with Crippen LogP contribution in [0, 0.1) is 6.92 Å². The Morgan fingerprint density at radius 2 is 1.92 bits per heavy atom. The number of fused-ring (bicyclic) bond motifs is 1. The summed E-state index contributed by atoms with van der Waals surface area (Å²) in [6.07, 6.45) is -0.355. The lowest BCUT2D eigenvalue weighted by atomic mass is 9.89. The molecule has 0 fully saturated rings. The number of nitrogens with zero attached hydrogens (tertiary/aromatic N) is 2. The van der Waals surface area contributed by atoms with Gasteiger partial charge in [-0.2, -0.15) is 0 Å². The highest BCUT2D eigenvalue weighted by atomic mass is 19.4. The highest BCUT2D eigenvalue weighted by Gasteiger charge is 2.31. The number of halogens is 3. The average molecular weight is 336 g/mol. The lowest BCUT2D eigenvalue weighted by Gasteiger charge is -2.22. The highest BCUT2D eigenvalue weighted by molar-refractivity contribution is 5.54. The van der Waals surface area contributed by atoms with Crippen molar-refractivity contribution in [1.82, 2.24) is 9.55 Å². The quantitative estimate of drug-likeness (QED) is 0.845. The second kappa shape index (κ2) is 5.81. The molecule has 1 atom stereocenters. The Hall–Kier alpha value is -2.57. The second-order valence-electron chi connectivity index (χ2n) is 5.68. The average Bonchev–Trinajstić information content (AvgIpc) is 2.52. The molecule has 1 aromatic heterocycles. The van der Waals surface area contributed by atoms with Gasteiger partial charge < -0.3 is 9.30 Å². The van der Waals surface area contributed by atoms with Gasteiger partial charge in [0, 0.05) is 25.1 Å². The maximum absolute atomic E-state index is 12.2. The van der Waals surface area contributed by atoms with Gasteiger partial charge in [0.15, 0.2) is 0 Å². The molecule has 3 rings (SSSR count). The predicted octanol–water partition coefficient (Wildman–Crippen LogP) is 3.34. The van der Waals surface area contributed by atoms with Crippen molar-refractivity contribution in [3.05, 3.63) is 63.3 Å². The van der Waals surface area contributed by atoms with Crippen LogP contribution in [0.5, 0.6) is 5.75 Å². The largest absolute Gasteiger partial charge is 0.573 e. The Labute approximate surface area is 136 Å². The molecule has 1 heterocycles. The van der Waals surface area contributed by atoms with E-state index in [1.807, 2.05) is 12.2 Å². The van der Waals surface area contributed by atoms with Crippen LogP contribution in [-0.4, -0.2) is 15.9 Å². The predicted molar refractivity (Wildman–Crippen MR) is 82.8 cm³/mol. The van der Waals surface area contributed by atoms with Gasteiger partial charge in [0.1, 0.15) is 11.4 Å². The van der Waals surface area contributed by atoms with E-state index in [-0.39, 0.29) is 17.2 Å². The van der Waals surface area contributed by atoms with Crippen molar-refractivity contribution >= 4 is 6.08 Å². The zero-order valence-corrected chi connectivity index (χ0v) is 13.1. The Balaban J connectivity index is 1.86. The maximum atomic E-state index is 12.2. The van der Waals surface area contributed by atoms with Gasteiger partial charge in [0.2, 0.25) is 0 Å². The summed E-state index contributed by atoms with van der Waals surface area (Å²) < 4.78 is 42.1. The van der Waals surface area contributed by atoms with Crippen LogP contribution < -0.4 is 10.3 Å². The lowest BCUT2D eigenvalue weighted by molar-refractivity contribution is -0.274. The molecule has 1 aliphatic rings. The van der Waals surface area contributed by atoms with Crippen molar-refractivity contribution < 1.29 is 17.9 Å². The van der Waals surface area contributed by atoms with Gasteiger partial charge >= 0.3 is 6.36 Å². The van der Waals surface area contributed by atoms with Crippen molar-refractivity contribution in [2.45, 2.75) is 25.6 Å². The number of hydrogen-bond acceptors (Lipinski definition) is 3. The molecule has 0 saturated carbocycles. The first kappa shape index (κ1) is 16.3. The fourth-order valence-electron chi connectivity index (χ4n) is 2.83. The van der Waals surface area contributed by atoms with E-state index in [1.165, 1.54) is 12.1 Å². The minimum absolute atomic E-state index is 0.0347. The molecule has 24 heavy (non-hydrogen) atoms. The first-order valence-corrected chi connectivity index (χ1v) is 7.35. The van der Waals surface area contributed by atoms with Gasteiger partial charge in [-0.3, -0.25) is 4.79 Å². The Morgan fingerprint density at radius 3 is 2.54 bits per heavy atom. The molecule has 0 amide bonds. The molecule has 0 spiro atoms. The molecule has 7 heteroatoms. The molecule has 2 aromatic rings. The van der Waals surface area contributed by atoms with Crippen LogP contribution in [0.25, 0.3) is 6.08 Å².